The molecule has 0 bridgehead atoms. The van der Waals surface area contributed by atoms with Gasteiger partial charge in [0.25, 0.3) is 0 Å². The fraction of sp³-hybridized carbons (Fsp3) is 1.00. The standard InChI is InChI=1S/C18H38N2/c1-8-14(6)17-12-20(15(7)16(9-2)10-3)18(11-19-17)13(4)5/h13-19H,8-12H2,1-7H3. The van der Waals surface area contributed by atoms with E-state index < -0.39 is 0 Å². The summed E-state index contributed by atoms with van der Waals surface area (Å²) in [6, 6.07) is 2.09. The summed E-state index contributed by atoms with van der Waals surface area (Å²) in [7, 11) is 0. The molecule has 1 rings (SSSR count). The van der Waals surface area contributed by atoms with E-state index in [2.05, 4.69) is 58.7 Å². The largest absolute Gasteiger partial charge is 0.311 e. The molecule has 1 fully saturated rings. The lowest BCUT2D eigenvalue weighted by molar-refractivity contribution is 0.0249. The van der Waals surface area contributed by atoms with Crippen molar-refractivity contribution < 1.29 is 0 Å². The summed E-state index contributed by atoms with van der Waals surface area (Å²) in [5, 5.41) is 3.82. The first-order valence-corrected chi connectivity index (χ1v) is 8.95. The van der Waals surface area contributed by atoms with Crippen LogP contribution in [0.2, 0.25) is 0 Å². The molecule has 0 spiro atoms. The van der Waals surface area contributed by atoms with Crippen LogP contribution >= 0.6 is 0 Å². The van der Waals surface area contributed by atoms with Crippen LogP contribution in [0.25, 0.3) is 0 Å². The third-order valence-electron chi connectivity index (χ3n) is 5.78. The Morgan fingerprint density at radius 2 is 1.60 bits per heavy atom. The van der Waals surface area contributed by atoms with Crippen LogP contribution in [0.15, 0.2) is 0 Å². The van der Waals surface area contributed by atoms with E-state index in [0.29, 0.717) is 18.1 Å². The third-order valence-corrected chi connectivity index (χ3v) is 5.78. The van der Waals surface area contributed by atoms with Crippen LogP contribution in [-0.2, 0) is 0 Å². The van der Waals surface area contributed by atoms with Crippen molar-refractivity contribution in [2.75, 3.05) is 13.1 Å². The second-order valence-electron chi connectivity index (χ2n) is 7.23. The minimum absolute atomic E-state index is 0.673. The molecule has 1 aliphatic heterocycles. The zero-order chi connectivity index (χ0) is 15.3. The van der Waals surface area contributed by atoms with Crippen molar-refractivity contribution in [3.63, 3.8) is 0 Å². The number of nitrogens with zero attached hydrogens (tertiary/aromatic N) is 1. The van der Waals surface area contributed by atoms with Gasteiger partial charge in [0.15, 0.2) is 0 Å². The Labute approximate surface area is 127 Å². The monoisotopic (exact) mass is 282 g/mol. The Morgan fingerprint density at radius 1 is 1.00 bits per heavy atom. The molecule has 0 aromatic heterocycles. The highest BCUT2D eigenvalue weighted by Gasteiger charge is 2.35. The fourth-order valence-electron chi connectivity index (χ4n) is 3.81. The van der Waals surface area contributed by atoms with Crippen LogP contribution in [0.3, 0.4) is 0 Å². The average Bonchev–Trinajstić information content (AvgIpc) is 2.46. The molecular formula is C18H38N2. The normalized spacial score (nSPS) is 28.1. The first-order chi connectivity index (χ1) is 9.46. The molecule has 1 N–H and O–H groups in total. The molecule has 0 amide bonds. The Morgan fingerprint density at radius 3 is 2.05 bits per heavy atom. The van der Waals surface area contributed by atoms with E-state index in [1.807, 2.05) is 0 Å². The summed E-state index contributed by atoms with van der Waals surface area (Å²) in [4.78, 5) is 2.83. The van der Waals surface area contributed by atoms with Crippen LogP contribution in [0.1, 0.15) is 67.7 Å². The van der Waals surface area contributed by atoms with Gasteiger partial charge in [0.2, 0.25) is 0 Å². The molecular weight excluding hydrogens is 244 g/mol. The average molecular weight is 283 g/mol. The minimum Gasteiger partial charge on any atom is -0.311 e. The summed E-state index contributed by atoms with van der Waals surface area (Å²) in [6.07, 6.45) is 3.89. The quantitative estimate of drug-likeness (QED) is 0.754. The van der Waals surface area contributed by atoms with Crippen molar-refractivity contribution in [2.24, 2.45) is 17.8 Å². The van der Waals surface area contributed by atoms with Crippen molar-refractivity contribution in [1.82, 2.24) is 10.2 Å². The van der Waals surface area contributed by atoms with Crippen LogP contribution in [0, 0.1) is 17.8 Å². The molecule has 1 aliphatic rings. The second-order valence-corrected chi connectivity index (χ2v) is 7.23. The summed E-state index contributed by atoms with van der Waals surface area (Å²) in [6.45, 7) is 19.0. The van der Waals surface area contributed by atoms with Gasteiger partial charge in [-0.3, -0.25) is 4.90 Å². The molecule has 20 heavy (non-hydrogen) atoms. The van der Waals surface area contributed by atoms with E-state index in [4.69, 9.17) is 0 Å². The van der Waals surface area contributed by atoms with Gasteiger partial charge in [-0.05, 0) is 24.7 Å². The van der Waals surface area contributed by atoms with E-state index in [1.54, 1.807) is 0 Å². The summed E-state index contributed by atoms with van der Waals surface area (Å²) < 4.78 is 0. The van der Waals surface area contributed by atoms with Crippen LogP contribution in [-0.4, -0.2) is 36.1 Å². The van der Waals surface area contributed by atoms with Crippen LogP contribution in [0.4, 0.5) is 0 Å². The topological polar surface area (TPSA) is 15.3 Å². The maximum Gasteiger partial charge on any atom is 0.0247 e. The molecule has 2 nitrogen and oxygen atoms in total. The first-order valence-electron chi connectivity index (χ1n) is 8.95. The van der Waals surface area contributed by atoms with Gasteiger partial charge >= 0.3 is 0 Å². The molecule has 0 saturated carbocycles. The van der Waals surface area contributed by atoms with E-state index in [-0.39, 0.29) is 0 Å². The summed E-state index contributed by atoms with van der Waals surface area (Å²) >= 11 is 0. The zero-order valence-corrected chi connectivity index (χ0v) is 14.9. The van der Waals surface area contributed by atoms with Crippen molar-refractivity contribution in [1.29, 1.82) is 0 Å². The molecule has 4 atom stereocenters. The van der Waals surface area contributed by atoms with Gasteiger partial charge in [0.05, 0.1) is 0 Å². The Balaban J connectivity index is 2.82. The van der Waals surface area contributed by atoms with Crippen molar-refractivity contribution >= 4 is 0 Å². The van der Waals surface area contributed by atoms with Gasteiger partial charge in [0.1, 0.15) is 0 Å². The van der Waals surface area contributed by atoms with Crippen molar-refractivity contribution in [3.05, 3.63) is 0 Å². The number of rotatable bonds is 7. The lowest BCUT2D eigenvalue weighted by atomic mass is 9.87. The van der Waals surface area contributed by atoms with Gasteiger partial charge in [-0.1, -0.05) is 60.8 Å². The van der Waals surface area contributed by atoms with Crippen molar-refractivity contribution in [3.8, 4) is 0 Å². The Hall–Kier alpha value is -0.0800. The lowest BCUT2D eigenvalue weighted by Gasteiger charge is -2.48. The van der Waals surface area contributed by atoms with Gasteiger partial charge in [0, 0.05) is 31.2 Å². The maximum absolute atomic E-state index is 3.82. The predicted octanol–water partition coefficient (Wildman–Crippen LogP) is 4.16. The second kappa shape index (κ2) is 8.38. The highest BCUT2D eigenvalue weighted by Crippen LogP contribution is 2.27. The molecule has 1 heterocycles. The third kappa shape index (κ3) is 4.21. The van der Waals surface area contributed by atoms with Crippen LogP contribution < -0.4 is 5.32 Å². The number of hydrogen-bond donors (Lipinski definition) is 1. The number of piperazine rings is 1. The highest BCUT2D eigenvalue weighted by molar-refractivity contribution is 4.93. The highest BCUT2D eigenvalue weighted by atomic mass is 15.3. The number of nitrogens with one attached hydrogen (secondary N) is 1. The van der Waals surface area contributed by atoms with E-state index in [0.717, 1.165) is 24.3 Å². The maximum atomic E-state index is 3.82. The summed E-state index contributed by atoms with van der Waals surface area (Å²) in [5.74, 6) is 2.35. The smallest absolute Gasteiger partial charge is 0.0247 e. The van der Waals surface area contributed by atoms with Gasteiger partial charge < -0.3 is 5.32 Å². The molecule has 0 radical (unpaired) electrons. The zero-order valence-electron chi connectivity index (χ0n) is 14.9. The van der Waals surface area contributed by atoms with Crippen molar-refractivity contribution in [2.45, 2.75) is 85.9 Å². The lowest BCUT2D eigenvalue weighted by Crippen LogP contribution is -2.63. The molecule has 0 aromatic rings. The van der Waals surface area contributed by atoms with E-state index in [9.17, 15) is 0 Å². The molecule has 4 unspecified atom stereocenters. The van der Waals surface area contributed by atoms with Gasteiger partial charge in [-0.15, -0.1) is 0 Å². The number of hydrogen-bond acceptors (Lipinski definition) is 2. The molecule has 0 aromatic carbocycles. The summed E-state index contributed by atoms with van der Waals surface area (Å²) in [5.41, 5.74) is 0. The molecule has 0 aliphatic carbocycles. The molecule has 120 valence electrons. The molecule has 2 heteroatoms. The Bertz CT molecular complexity index is 260. The first kappa shape index (κ1) is 18.0. The van der Waals surface area contributed by atoms with E-state index in [1.165, 1.54) is 25.8 Å². The van der Waals surface area contributed by atoms with E-state index >= 15 is 0 Å². The Kier molecular flexibility index (Phi) is 7.53. The SMILES string of the molecule is CCC(C)C1CN(C(C)C(CC)CC)C(C(C)C)CN1. The minimum atomic E-state index is 0.673. The van der Waals surface area contributed by atoms with Crippen LogP contribution in [0.5, 0.6) is 0 Å². The molecule has 1 saturated heterocycles. The van der Waals surface area contributed by atoms with Gasteiger partial charge in [-0.2, -0.15) is 0 Å². The predicted molar refractivity (Wildman–Crippen MR) is 90.1 cm³/mol. The fourth-order valence-corrected chi connectivity index (χ4v) is 3.81. The van der Waals surface area contributed by atoms with Gasteiger partial charge in [-0.25, -0.2) is 0 Å².